The second-order valence-electron chi connectivity index (χ2n) is 14.2. The number of nitriles is 2. The number of hydrogen-bond donors (Lipinski definition) is 0. The van der Waals surface area contributed by atoms with E-state index in [0.29, 0.717) is 47.3 Å². The van der Waals surface area contributed by atoms with Gasteiger partial charge in [-0.3, -0.25) is 9.59 Å². The maximum absolute atomic E-state index is 12.5. The van der Waals surface area contributed by atoms with E-state index in [0.717, 1.165) is 38.5 Å². The van der Waals surface area contributed by atoms with Crippen LogP contribution in [0.4, 0.5) is 0 Å². The van der Waals surface area contributed by atoms with Crippen molar-refractivity contribution in [3.8, 4) is 35.1 Å². The van der Waals surface area contributed by atoms with Crippen LogP contribution in [0.2, 0.25) is 0 Å². The molecule has 0 atom stereocenters. The zero-order valence-corrected chi connectivity index (χ0v) is 30.7. The largest absolute Gasteiger partial charge is 0.493 e. The highest BCUT2D eigenvalue weighted by Gasteiger charge is 2.26. The SMILES string of the molecule is COc1cc(C=C(C#N)C(=O)C(C)(C)C)ccc1OCCCCCCCCCCCOc1ccc(C=C(C#N)C(=O)C(C)(C)C)cc1OC. The number of rotatable bonds is 20. The van der Waals surface area contributed by atoms with E-state index in [9.17, 15) is 20.1 Å². The van der Waals surface area contributed by atoms with E-state index in [1.807, 2.05) is 36.4 Å². The van der Waals surface area contributed by atoms with Gasteiger partial charge in [0.2, 0.25) is 0 Å². The zero-order valence-electron chi connectivity index (χ0n) is 30.7. The molecule has 8 heteroatoms. The Morgan fingerprint density at radius 3 is 1.18 bits per heavy atom. The van der Waals surface area contributed by atoms with Crippen molar-refractivity contribution in [2.75, 3.05) is 27.4 Å². The van der Waals surface area contributed by atoms with Crippen molar-refractivity contribution in [3.63, 3.8) is 0 Å². The van der Waals surface area contributed by atoms with E-state index in [2.05, 4.69) is 0 Å². The zero-order chi connectivity index (χ0) is 36.5. The number of ether oxygens (including phenoxy) is 4. The molecular formula is C41H54N2O6. The molecule has 2 rings (SSSR count). The van der Waals surface area contributed by atoms with Gasteiger partial charge in [0.25, 0.3) is 0 Å². The van der Waals surface area contributed by atoms with Crippen molar-refractivity contribution in [3.05, 3.63) is 58.7 Å². The summed E-state index contributed by atoms with van der Waals surface area (Å²) in [6, 6.07) is 14.9. The third-order valence-corrected chi connectivity index (χ3v) is 7.89. The number of ketones is 2. The van der Waals surface area contributed by atoms with Gasteiger partial charge in [-0.15, -0.1) is 0 Å². The van der Waals surface area contributed by atoms with Gasteiger partial charge in [-0.25, -0.2) is 0 Å². The van der Waals surface area contributed by atoms with Crippen LogP contribution in [0, 0.1) is 33.5 Å². The first-order valence-electron chi connectivity index (χ1n) is 17.2. The van der Waals surface area contributed by atoms with Crippen molar-refractivity contribution in [1.29, 1.82) is 10.5 Å². The molecular weight excluding hydrogens is 616 g/mol. The van der Waals surface area contributed by atoms with Crippen LogP contribution in [-0.4, -0.2) is 39.0 Å². The van der Waals surface area contributed by atoms with Gasteiger partial charge < -0.3 is 18.9 Å². The molecule has 2 aromatic carbocycles. The van der Waals surface area contributed by atoms with Gasteiger partial charge >= 0.3 is 0 Å². The van der Waals surface area contributed by atoms with Crippen LogP contribution in [0.3, 0.4) is 0 Å². The number of carbonyl (C=O) groups is 2. The van der Waals surface area contributed by atoms with Gasteiger partial charge in [-0.05, 0) is 60.4 Å². The van der Waals surface area contributed by atoms with Crippen molar-refractivity contribution in [1.82, 2.24) is 0 Å². The lowest BCUT2D eigenvalue weighted by Gasteiger charge is -2.15. The molecule has 0 unspecified atom stereocenters. The summed E-state index contributed by atoms with van der Waals surface area (Å²) in [7, 11) is 3.16. The number of Topliss-reactive ketones (excluding diaryl/α,β-unsaturated/α-hetero) is 2. The van der Waals surface area contributed by atoms with Crippen molar-refractivity contribution in [2.24, 2.45) is 10.8 Å². The molecule has 0 N–H and O–H groups in total. The summed E-state index contributed by atoms with van der Waals surface area (Å²) < 4.78 is 22.9. The minimum atomic E-state index is -0.627. The molecule has 264 valence electrons. The fourth-order valence-corrected chi connectivity index (χ4v) is 5.03. The van der Waals surface area contributed by atoms with E-state index in [-0.39, 0.29) is 22.7 Å². The Kier molecular flexibility index (Phi) is 16.6. The van der Waals surface area contributed by atoms with Gasteiger partial charge in [0.15, 0.2) is 34.6 Å². The predicted octanol–water partition coefficient (Wildman–Crippen LogP) is 9.72. The fraction of sp³-hybridized carbons (Fsp3) is 0.512. The minimum absolute atomic E-state index is 0.120. The second kappa shape index (κ2) is 20.1. The quantitative estimate of drug-likeness (QED) is 0.0776. The lowest BCUT2D eigenvalue weighted by molar-refractivity contribution is -0.122. The maximum Gasteiger partial charge on any atom is 0.178 e. The smallest absolute Gasteiger partial charge is 0.178 e. The van der Waals surface area contributed by atoms with E-state index in [1.54, 1.807) is 80.0 Å². The second-order valence-corrected chi connectivity index (χ2v) is 14.2. The normalized spacial score (nSPS) is 12.1. The van der Waals surface area contributed by atoms with Crippen molar-refractivity contribution in [2.45, 2.75) is 99.3 Å². The van der Waals surface area contributed by atoms with Crippen LogP contribution < -0.4 is 18.9 Å². The Bertz CT molecular complexity index is 1430. The molecule has 0 spiro atoms. The highest BCUT2D eigenvalue weighted by molar-refractivity contribution is 6.06. The lowest BCUT2D eigenvalue weighted by Crippen LogP contribution is -2.21. The molecule has 0 aromatic heterocycles. The van der Waals surface area contributed by atoms with E-state index in [1.165, 1.54) is 19.3 Å². The molecule has 0 amide bonds. The number of nitrogens with zero attached hydrogens (tertiary/aromatic N) is 2. The summed E-state index contributed by atoms with van der Waals surface area (Å²) in [4.78, 5) is 25.0. The molecule has 0 heterocycles. The average molecular weight is 671 g/mol. The maximum atomic E-state index is 12.5. The van der Waals surface area contributed by atoms with Crippen LogP contribution in [0.5, 0.6) is 23.0 Å². The Balaban J connectivity index is 1.64. The molecule has 49 heavy (non-hydrogen) atoms. The highest BCUT2D eigenvalue weighted by atomic mass is 16.5. The molecule has 0 saturated heterocycles. The average Bonchev–Trinajstić information content (AvgIpc) is 3.07. The Labute approximate surface area is 293 Å². The summed E-state index contributed by atoms with van der Waals surface area (Å²) in [5, 5.41) is 18.9. The van der Waals surface area contributed by atoms with Crippen molar-refractivity contribution >= 4 is 23.7 Å². The van der Waals surface area contributed by atoms with Gasteiger partial charge in [-0.2, -0.15) is 10.5 Å². The molecule has 0 aliphatic rings. The summed E-state index contributed by atoms with van der Waals surface area (Å²) >= 11 is 0. The van der Waals surface area contributed by atoms with Crippen LogP contribution in [-0.2, 0) is 9.59 Å². The monoisotopic (exact) mass is 670 g/mol. The Morgan fingerprint density at radius 1 is 0.571 bits per heavy atom. The first-order chi connectivity index (χ1) is 23.2. The van der Waals surface area contributed by atoms with Gasteiger partial charge in [-0.1, -0.05) is 98.6 Å². The number of allylic oxidation sites excluding steroid dienone is 2. The van der Waals surface area contributed by atoms with Crippen molar-refractivity contribution < 1.29 is 28.5 Å². The molecule has 0 bridgehead atoms. The predicted molar refractivity (Wildman–Crippen MR) is 195 cm³/mol. The lowest BCUT2D eigenvalue weighted by atomic mass is 9.86. The highest BCUT2D eigenvalue weighted by Crippen LogP contribution is 2.31. The summed E-state index contributed by atoms with van der Waals surface area (Å²) in [5.74, 6) is 2.05. The molecule has 0 saturated carbocycles. The molecule has 0 aliphatic carbocycles. The Hall–Kier alpha value is -4.56. The molecule has 8 nitrogen and oxygen atoms in total. The van der Waals surface area contributed by atoms with Gasteiger partial charge in [0.05, 0.1) is 38.6 Å². The van der Waals surface area contributed by atoms with Gasteiger partial charge in [0.1, 0.15) is 12.1 Å². The number of hydrogen-bond acceptors (Lipinski definition) is 8. The summed E-state index contributed by atoms with van der Waals surface area (Å²) in [6.07, 6.45) is 13.2. The molecule has 0 aliphatic heterocycles. The van der Waals surface area contributed by atoms with Crippen LogP contribution in [0.1, 0.15) is 110 Å². The van der Waals surface area contributed by atoms with Crippen LogP contribution >= 0.6 is 0 Å². The number of methoxy groups -OCH3 is 2. The summed E-state index contributed by atoms with van der Waals surface area (Å²) in [6.45, 7) is 12.0. The third-order valence-electron chi connectivity index (χ3n) is 7.89. The van der Waals surface area contributed by atoms with Gasteiger partial charge in [0, 0.05) is 10.8 Å². The Morgan fingerprint density at radius 2 is 0.898 bits per heavy atom. The molecule has 2 aromatic rings. The van der Waals surface area contributed by atoms with Crippen LogP contribution in [0.25, 0.3) is 12.2 Å². The first-order valence-corrected chi connectivity index (χ1v) is 17.2. The van der Waals surface area contributed by atoms with E-state index >= 15 is 0 Å². The molecule has 0 radical (unpaired) electrons. The fourth-order valence-electron chi connectivity index (χ4n) is 5.03. The van der Waals surface area contributed by atoms with Crippen LogP contribution in [0.15, 0.2) is 47.5 Å². The standard InChI is InChI=1S/C41H54N2O6/c1-40(2,3)38(44)32(28-42)24-30-18-20-34(36(26-30)46-7)48-22-16-14-12-10-9-11-13-15-17-23-49-35-21-19-31(27-37(35)47-8)25-33(29-43)39(45)41(4,5)6/h18-21,24-27H,9-17,22-23H2,1-8H3. The minimum Gasteiger partial charge on any atom is -0.493 e. The molecule has 0 fully saturated rings. The number of unbranched alkanes of at least 4 members (excludes halogenated alkanes) is 8. The number of benzene rings is 2. The van der Waals surface area contributed by atoms with E-state index < -0.39 is 10.8 Å². The number of carbonyl (C=O) groups excluding carboxylic acids is 2. The topological polar surface area (TPSA) is 119 Å². The first kappa shape index (κ1) is 40.6. The van der Waals surface area contributed by atoms with E-state index in [4.69, 9.17) is 18.9 Å². The third kappa shape index (κ3) is 13.8. The summed E-state index contributed by atoms with van der Waals surface area (Å²) in [5.41, 5.74) is 0.418.